The van der Waals surface area contributed by atoms with E-state index in [0.717, 1.165) is 5.56 Å². The molecule has 0 fully saturated rings. The Balaban J connectivity index is 2.52. The van der Waals surface area contributed by atoms with Crippen molar-refractivity contribution in [3.05, 3.63) is 29.8 Å². The monoisotopic (exact) mass is 265 g/mol. The maximum absolute atomic E-state index is 11.6. The molecule has 0 aromatic heterocycles. The van der Waals surface area contributed by atoms with Crippen molar-refractivity contribution in [2.75, 3.05) is 13.2 Å². The number of nitrogens with one attached hydrogen (secondary N) is 1. The summed E-state index contributed by atoms with van der Waals surface area (Å²) in [6, 6.07) is 7.10. The van der Waals surface area contributed by atoms with Crippen LogP contribution in [0.1, 0.15) is 12.5 Å². The highest BCUT2D eigenvalue weighted by molar-refractivity contribution is 5.78. The summed E-state index contributed by atoms with van der Waals surface area (Å²) in [7, 11) is 0. The van der Waals surface area contributed by atoms with E-state index < -0.39 is 5.91 Å². The fourth-order valence-corrected chi connectivity index (χ4v) is 1.37. The third kappa shape index (κ3) is 5.39. The van der Waals surface area contributed by atoms with Gasteiger partial charge >= 0.3 is 0 Å². The van der Waals surface area contributed by atoms with Crippen molar-refractivity contribution in [2.45, 2.75) is 13.5 Å². The van der Waals surface area contributed by atoms with E-state index in [1.54, 1.807) is 25.1 Å². The number of carbonyl (C=O) groups excluding carboxylic acids is 2. The third-order valence-electron chi connectivity index (χ3n) is 2.55. The first-order valence-corrected chi connectivity index (χ1v) is 6.00. The lowest BCUT2D eigenvalue weighted by Gasteiger charge is -2.11. The molecule has 5 N–H and O–H groups in total. The number of primary amides is 1. The van der Waals surface area contributed by atoms with Crippen molar-refractivity contribution in [3.8, 4) is 5.75 Å². The van der Waals surface area contributed by atoms with Gasteiger partial charge in [-0.05, 0) is 17.7 Å². The highest BCUT2D eigenvalue weighted by Gasteiger charge is 2.09. The zero-order valence-corrected chi connectivity index (χ0v) is 10.9. The van der Waals surface area contributed by atoms with Crippen LogP contribution in [0.2, 0.25) is 0 Å². The van der Waals surface area contributed by atoms with E-state index in [1.807, 2.05) is 6.07 Å². The van der Waals surface area contributed by atoms with Gasteiger partial charge in [-0.3, -0.25) is 9.59 Å². The lowest BCUT2D eigenvalue weighted by molar-refractivity contribution is -0.124. The van der Waals surface area contributed by atoms with Crippen LogP contribution in [0.4, 0.5) is 0 Å². The standard InChI is InChI=1S/C13H19N3O3/c1-9(6-14)13(18)16-7-10-3-2-4-11(5-10)19-8-12(15)17/h2-5,9H,6-8,14H2,1H3,(H2,15,17)(H,16,18). The van der Waals surface area contributed by atoms with Gasteiger partial charge in [0, 0.05) is 19.0 Å². The minimum absolute atomic E-state index is 0.0917. The number of nitrogens with two attached hydrogens (primary N) is 2. The second-order valence-electron chi connectivity index (χ2n) is 4.26. The molecule has 1 aromatic rings. The van der Waals surface area contributed by atoms with Gasteiger partial charge < -0.3 is 21.5 Å². The van der Waals surface area contributed by atoms with Crippen LogP contribution in [0.3, 0.4) is 0 Å². The first kappa shape index (κ1) is 15.0. The fourth-order valence-electron chi connectivity index (χ4n) is 1.37. The Hall–Kier alpha value is -2.08. The van der Waals surface area contributed by atoms with Gasteiger partial charge in [-0.25, -0.2) is 0 Å². The number of amides is 2. The number of hydrogen-bond acceptors (Lipinski definition) is 4. The predicted octanol–water partition coefficient (Wildman–Crippen LogP) is -0.238. The van der Waals surface area contributed by atoms with Crippen molar-refractivity contribution in [1.29, 1.82) is 0 Å². The molecule has 0 aliphatic rings. The smallest absolute Gasteiger partial charge is 0.255 e. The van der Waals surface area contributed by atoms with E-state index in [1.165, 1.54) is 0 Å². The van der Waals surface area contributed by atoms with Gasteiger partial charge in [0.15, 0.2) is 6.61 Å². The van der Waals surface area contributed by atoms with Crippen molar-refractivity contribution < 1.29 is 14.3 Å². The molecule has 0 saturated carbocycles. The molecule has 6 nitrogen and oxygen atoms in total. The molecule has 0 radical (unpaired) electrons. The van der Waals surface area contributed by atoms with E-state index >= 15 is 0 Å². The van der Waals surface area contributed by atoms with Crippen molar-refractivity contribution in [3.63, 3.8) is 0 Å². The van der Waals surface area contributed by atoms with Gasteiger partial charge in [0.1, 0.15) is 5.75 Å². The van der Waals surface area contributed by atoms with Gasteiger partial charge in [-0.1, -0.05) is 19.1 Å². The Morgan fingerprint density at radius 1 is 1.42 bits per heavy atom. The second-order valence-corrected chi connectivity index (χ2v) is 4.26. The van der Waals surface area contributed by atoms with Crippen molar-refractivity contribution in [2.24, 2.45) is 17.4 Å². The molecule has 0 bridgehead atoms. The van der Waals surface area contributed by atoms with E-state index in [0.29, 0.717) is 18.8 Å². The molecule has 6 heteroatoms. The van der Waals surface area contributed by atoms with Gasteiger partial charge in [0.05, 0.1) is 0 Å². The Bertz CT molecular complexity index is 449. The predicted molar refractivity (Wildman–Crippen MR) is 71.2 cm³/mol. The summed E-state index contributed by atoms with van der Waals surface area (Å²) in [5.74, 6) is -0.298. The van der Waals surface area contributed by atoms with E-state index in [9.17, 15) is 9.59 Å². The van der Waals surface area contributed by atoms with Crippen LogP contribution >= 0.6 is 0 Å². The van der Waals surface area contributed by atoms with E-state index in [-0.39, 0.29) is 18.4 Å². The molecule has 104 valence electrons. The number of hydrogen-bond donors (Lipinski definition) is 3. The molecule has 1 atom stereocenters. The zero-order chi connectivity index (χ0) is 14.3. The van der Waals surface area contributed by atoms with Gasteiger partial charge in [-0.15, -0.1) is 0 Å². The Morgan fingerprint density at radius 3 is 2.79 bits per heavy atom. The summed E-state index contributed by atoms with van der Waals surface area (Å²) < 4.78 is 5.18. The first-order chi connectivity index (χ1) is 9.02. The number of rotatable bonds is 7. The largest absolute Gasteiger partial charge is 0.484 e. The highest BCUT2D eigenvalue weighted by atomic mass is 16.5. The molecule has 0 aliphatic carbocycles. The fraction of sp³-hybridized carbons (Fsp3) is 0.385. The molecule has 0 aliphatic heterocycles. The topological polar surface area (TPSA) is 107 Å². The molecule has 0 spiro atoms. The number of ether oxygens (including phenoxy) is 1. The third-order valence-corrected chi connectivity index (χ3v) is 2.55. The quantitative estimate of drug-likeness (QED) is 0.632. The summed E-state index contributed by atoms with van der Waals surface area (Å²) in [5, 5.41) is 2.78. The maximum Gasteiger partial charge on any atom is 0.255 e. The second kappa shape index (κ2) is 7.38. The van der Waals surface area contributed by atoms with Crippen LogP contribution in [0.5, 0.6) is 5.75 Å². The van der Waals surface area contributed by atoms with Crippen LogP contribution in [-0.4, -0.2) is 25.0 Å². The molecule has 1 rings (SSSR count). The average Bonchev–Trinajstić information content (AvgIpc) is 2.42. The van der Waals surface area contributed by atoms with Gasteiger partial charge in [0.2, 0.25) is 5.91 Å². The van der Waals surface area contributed by atoms with E-state index in [2.05, 4.69) is 5.32 Å². The lowest BCUT2D eigenvalue weighted by Crippen LogP contribution is -2.32. The van der Waals surface area contributed by atoms with Crippen LogP contribution in [0.25, 0.3) is 0 Å². The molecule has 1 unspecified atom stereocenters. The van der Waals surface area contributed by atoms with Crippen LogP contribution in [0.15, 0.2) is 24.3 Å². The summed E-state index contributed by atoms with van der Waals surface area (Å²) in [4.78, 5) is 22.2. The average molecular weight is 265 g/mol. The Morgan fingerprint density at radius 2 is 2.16 bits per heavy atom. The van der Waals surface area contributed by atoms with Crippen molar-refractivity contribution in [1.82, 2.24) is 5.32 Å². The minimum atomic E-state index is -0.532. The first-order valence-electron chi connectivity index (χ1n) is 6.00. The molecule has 1 aromatic carbocycles. The summed E-state index contributed by atoms with van der Waals surface area (Å²) >= 11 is 0. The van der Waals surface area contributed by atoms with Crippen LogP contribution < -0.4 is 21.5 Å². The summed E-state index contributed by atoms with van der Waals surface area (Å²) in [6.45, 7) is 2.30. The Kier molecular flexibility index (Phi) is 5.81. The number of benzene rings is 1. The normalized spacial score (nSPS) is 11.7. The molecular weight excluding hydrogens is 246 g/mol. The molecule has 19 heavy (non-hydrogen) atoms. The summed E-state index contributed by atoms with van der Waals surface area (Å²) in [6.07, 6.45) is 0. The zero-order valence-electron chi connectivity index (χ0n) is 10.9. The number of carbonyl (C=O) groups is 2. The van der Waals surface area contributed by atoms with Gasteiger partial charge in [-0.2, -0.15) is 0 Å². The lowest BCUT2D eigenvalue weighted by atomic mass is 10.1. The maximum atomic E-state index is 11.6. The van der Waals surface area contributed by atoms with Crippen molar-refractivity contribution >= 4 is 11.8 Å². The molecule has 0 saturated heterocycles. The molecule has 0 heterocycles. The molecule has 2 amide bonds. The SMILES string of the molecule is CC(CN)C(=O)NCc1cccc(OCC(N)=O)c1. The van der Waals surface area contributed by atoms with Crippen LogP contribution in [-0.2, 0) is 16.1 Å². The minimum Gasteiger partial charge on any atom is -0.484 e. The van der Waals surface area contributed by atoms with E-state index in [4.69, 9.17) is 16.2 Å². The summed E-state index contributed by atoms with van der Waals surface area (Å²) in [5.41, 5.74) is 11.3. The Labute approximate surface area is 112 Å². The van der Waals surface area contributed by atoms with Crippen LogP contribution in [0, 0.1) is 5.92 Å². The molecular formula is C13H19N3O3. The van der Waals surface area contributed by atoms with Gasteiger partial charge in [0.25, 0.3) is 5.91 Å². The highest BCUT2D eigenvalue weighted by Crippen LogP contribution is 2.13.